The molecule has 1 saturated carbocycles. The van der Waals surface area contributed by atoms with E-state index in [0.717, 1.165) is 18.4 Å². The van der Waals surface area contributed by atoms with Crippen LogP contribution in [0, 0.1) is 18.3 Å². The Labute approximate surface area is 237 Å². The lowest BCUT2D eigenvalue weighted by Gasteiger charge is -2.34. The van der Waals surface area contributed by atoms with Crippen LogP contribution < -0.4 is 5.32 Å². The quantitative estimate of drug-likeness (QED) is 0.259. The van der Waals surface area contributed by atoms with Gasteiger partial charge in [0.1, 0.15) is 12.1 Å². The van der Waals surface area contributed by atoms with Crippen molar-refractivity contribution in [2.24, 2.45) is 11.3 Å². The molecule has 1 N–H and O–H groups in total. The van der Waals surface area contributed by atoms with Gasteiger partial charge in [0, 0.05) is 43.3 Å². The lowest BCUT2D eigenvalue weighted by atomic mass is 9.86. The zero-order valence-corrected chi connectivity index (χ0v) is 26.4. The molecule has 4 radical (unpaired) electrons. The number of amides is 1. The van der Waals surface area contributed by atoms with E-state index in [0.29, 0.717) is 56.7 Å². The van der Waals surface area contributed by atoms with Crippen LogP contribution in [-0.2, 0) is 34.8 Å². The second kappa shape index (κ2) is 13.5. The zero-order chi connectivity index (χ0) is 28.8. The van der Waals surface area contributed by atoms with Crippen LogP contribution >= 0.6 is 0 Å². The van der Waals surface area contributed by atoms with Crippen molar-refractivity contribution in [3.05, 3.63) is 41.6 Å². The number of hydrogen-bond donors (Lipinski definition) is 1. The van der Waals surface area contributed by atoms with E-state index >= 15 is 0 Å². The number of benzene rings is 1. The van der Waals surface area contributed by atoms with Crippen molar-refractivity contribution in [2.45, 2.75) is 89.6 Å². The largest absolute Gasteiger partial charge is 0.394 e. The molecule has 1 aliphatic carbocycles. The number of carbonyl (C=O) groups excluding carboxylic acids is 2. The maximum atomic E-state index is 13.5. The standard InChI is InChI=1S/C27H39N3O6SSi2/c1-18-15-20(8-10-23(18)37(4,33)34)22(17-19-7-9-21(31)16-19)25(32)28-24-11-13-30(29-24)14-12-27(2,3)26(35-38-5)36-39-6/h8,10-11,13,15,19,22,26H,7,9,12,14,16-17H2,1-6H3,(H,28,29,32)/t19-,22+/m0/s1. The molecule has 1 aromatic carbocycles. The summed E-state index contributed by atoms with van der Waals surface area (Å²) in [5.74, 6) is 0.0382. The lowest BCUT2D eigenvalue weighted by Crippen LogP contribution is -2.36. The maximum Gasteiger partial charge on any atom is 0.233 e. The van der Waals surface area contributed by atoms with Gasteiger partial charge in [-0.1, -0.05) is 26.0 Å². The van der Waals surface area contributed by atoms with Gasteiger partial charge >= 0.3 is 0 Å². The van der Waals surface area contributed by atoms with Crippen LogP contribution in [0.15, 0.2) is 35.4 Å². The van der Waals surface area contributed by atoms with Crippen molar-refractivity contribution < 1.29 is 26.9 Å². The Hall–Kier alpha value is -2.13. The van der Waals surface area contributed by atoms with E-state index in [4.69, 9.17) is 8.85 Å². The van der Waals surface area contributed by atoms with Crippen LogP contribution in [0.25, 0.3) is 0 Å². The minimum Gasteiger partial charge on any atom is -0.394 e. The van der Waals surface area contributed by atoms with Crippen molar-refractivity contribution in [3.63, 3.8) is 0 Å². The summed E-state index contributed by atoms with van der Waals surface area (Å²) in [7, 11) is -2.70. The van der Waals surface area contributed by atoms with Crippen LogP contribution in [0.1, 0.15) is 63.0 Å². The number of nitrogens with zero attached hydrogens (tertiary/aromatic N) is 2. The van der Waals surface area contributed by atoms with Gasteiger partial charge in [-0.3, -0.25) is 14.3 Å². The van der Waals surface area contributed by atoms with Gasteiger partial charge in [-0.25, -0.2) is 8.42 Å². The third-order valence-corrected chi connectivity index (χ3v) is 9.36. The monoisotopic (exact) mass is 589 g/mol. The van der Waals surface area contributed by atoms with Crippen LogP contribution in [0.3, 0.4) is 0 Å². The van der Waals surface area contributed by atoms with E-state index in [9.17, 15) is 18.0 Å². The number of Topliss-reactive ketones (excluding diaryl/α,β-unsaturated/α-hetero) is 1. The number of nitrogens with one attached hydrogen (secondary N) is 1. The number of ketones is 1. The van der Waals surface area contributed by atoms with Crippen LogP contribution in [0.5, 0.6) is 0 Å². The zero-order valence-electron chi connectivity index (χ0n) is 23.6. The minimum absolute atomic E-state index is 0.118. The number of aromatic nitrogens is 2. The highest BCUT2D eigenvalue weighted by molar-refractivity contribution is 7.90. The molecule has 1 heterocycles. The molecule has 0 saturated heterocycles. The van der Waals surface area contributed by atoms with Gasteiger partial charge < -0.3 is 14.2 Å². The molecule has 2 aromatic rings. The molecule has 9 nitrogen and oxygen atoms in total. The van der Waals surface area contributed by atoms with E-state index < -0.39 is 15.8 Å². The van der Waals surface area contributed by atoms with Gasteiger partial charge in [-0.15, -0.1) is 0 Å². The minimum atomic E-state index is -3.37. The molecular formula is C27H39N3O6SSi2. The lowest BCUT2D eigenvalue weighted by molar-refractivity contribution is -0.119. The number of anilines is 1. The summed E-state index contributed by atoms with van der Waals surface area (Å²) in [5, 5.41) is 7.51. The molecule has 0 aliphatic heterocycles. The predicted molar refractivity (Wildman–Crippen MR) is 152 cm³/mol. The van der Waals surface area contributed by atoms with Gasteiger partial charge in [0.15, 0.2) is 15.7 Å². The molecule has 3 rings (SSSR count). The molecule has 39 heavy (non-hydrogen) atoms. The van der Waals surface area contributed by atoms with Crippen LogP contribution in [0.2, 0.25) is 13.1 Å². The first-order valence-electron chi connectivity index (χ1n) is 13.2. The summed E-state index contributed by atoms with van der Waals surface area (Å²) in [6.45, 7) is 10.5. The highest BCUT2D eigenvalue weighted by Crippen LogP contribution is 2.35. The molecular weight excluding hydrogens is 551 g/mol. The van der Waals surface area contributed by atoms with Gasteiger partial charge in [0.05, 0.1) is 10.8 Å². The summed E-state index contributed by atoms with van der Waals surface area (Å²) >= 11 is 0. The fraction of sp³-hybridized carbons (Fsp3) is 0.593. The summed E-state index contributed by atoms with van der Waals surface area (Å²) in [5.41, 5.74) is 1.11. The number of aryl methyl sites for hydroxylation is 2. The molecule has 1 aliphatic rings. The molecule has 1 amide bonds. The first-order chi connectivity index (χ1) is 18.3. The summed E-state index contributed by atoms with van der Waals surface area (Å²) in [6.07, 6.45) is 5.78. The Morgan fingerprint density at radius 3 is 2.49 bits per heavy atom. The van der Waals surface area contributed by atoms with Crippen molar-refractivity contribution in [3.8, 4) is 0 Å². The van der Waals surface area contributed by atoms with E-state index in [2.05, 4.69) is 24.3 Å². The Morgan fingerprint density at radius 1 is 1.23 bits per heavy atom. The second-order valence-electron chi connectivity index (χ2n) is 10.9. The number of hydrogen-bond acceptors (Lipinski definition) is 7. The normalized spacial score (nSPS) is 17.1. The molecule has 12 heteroatoms. The maximum absolute atomic E-state index is 13.5. The van der Waals surface area contributed by atoms with E-state index in [1.54, 1.807) is 35.9 Å². The number of sulfone groups is 1. The third-order valence-electron chi connectivity index (χ3n) is 7.20. The highest BCUT2D eigenvalue weighted by Gasteiger charge is 2.32. The molecule has 212 valence electrons. The van der Waals surface area contributed by atoms with Crippen molar-refractivity contribution in [1.82, 2.24) is 9.78 Å². The van der Waals surface area contributed by atoms with E-state index in [1.807, 2.05) is 19.3 Å². The first-order valence-corrected chi connectivity index (χ1v) is 17.9. The van der Waals surface area contributed by atoms with E-state index in [1.165, 1.54) is 6.26 Å². The first kappa shape index (κ1) is 31.4. The van der Waals surface area contributed by atoms with Crippen LogP contribution in [0.4, 0.5) is 5.82 Å². The topological polar surface area (TPSA) is 117 Å². The average molecular weight is 590 g/mol. The van der Waals surface area contributed by atoms with Crippen molar-refractivity contribution in [2.75, 3.05) is 11.6 Å². The van der Waals surface area contributed by atoms with Gasteiger partial charge in [0.25, 0.3) is 0 Å². The molecule has 0 bridgehead atoms. The fourth-order valence-electron chi connectivity index (χ4n) is 4.97. The predicted octanol–water partition coefficient (Wildman–Crippen LogP) is 4.19. The Kier molecular flexibility index (Phi) is 10.9. The summed E-state index contributed by atoms with van der Waals surface area (Å²) in [6, 6.07) is 6.81. The molecule has 0 spiro atoms. The Bertz CT molecular complexity index is 1260. The number of carbonyl (C=O) groups is 2. The van der Waals surface area contributed by atoms with E-state index in [-0.39, 0.29) is 34.2 Å². The smallest absolute Gasteiger partial charge is 0.233 e. The van der Waals surface area contributed by atoms with Crippen molar-refractivity contribution >= 4 is 46.9 Å². The number of rotatable bonds is 14. The third kappa shape index (κ3) is 8.68. The summed E-state index contributed by atoms with van der Waals surface area (Å²) in [4.78, 5) is 25.7. The van der Waals surface area contributed by atoms with Gasteiger partial charge in [0.2, 0.25) is 25.4 Å². The average Bonchev–Trinajstić information content (AvgIpc) is 3.48. The molecule has 1 aromatic heterocycles. The second-order valence-corrected chi connectivity index (χ2v) is 14.2. The molecule has 2 atom stereocenters. The van der Waals surface area contributed by atoms with Gasteiger partial charge in [-0.2, -0.15) is 5.10 Å². The fourth-order valence-corrected chi connectivity index (χ4v) is 7.19. The van der Waals surface area contributed by atoms with Crippen molar-refractivity contribution in [1.29, 1.82) is 0 Å². The molecule has 0 unspecified atom stereocenters. The van der Waals surface area contributed by atoms with Crippen LogP contribution in [-0.4, -0.2) is 62.0 Å². The molecule has 1 fully saturated rings. The SMILES string of the molecule is C[Si]OC(O[Si]C)C(C)(C)CCn1ccc(NC(=O)[C@H](C[C@H]2CCC(=O)C2)c2ccc(S(C)(=O)=O)c(C)c2)n1. The summed E-state index contributed by atoms with van der Waals surface area (Å²) < 4.78 is 37.7. The Morgan fingerprint density at radius 2 is 1.92 bits per heavy atom. The Balaban J connectivity index is 1.74. The highest BCUT2D eigenvalue weighted by atomic mass is 32.2. The van der Waals surface area contributed by atoms with Gasteiger partial charge in [-0.05, 0) is 62.4 Å².